The zero-order valence-electron chi connectivity index (χ0n) is 15.9. The SMILES string of the molecule is N#C/C(=C/N1CCN(C(=O)c2ccco2)CC1)C(=O)N1CCN(CCN)CC1. The second-order valence-electron chi connectivity index (χ2n) is 6.88. The third-order valence-electron chi connectivity index (χ3n) is 5.10. The van der Waals surface area contributed by atoms with Crippen molar-refractivity contribution in [2.45, 2.75) is 0 Å². The molecular formula is C19H26N6O3. The molecular weight excluding hydrogens is 360 g/mol. The van der Waals surface area contributed by atoms with Crippen molar-refractivity contribution in [3.8, 4) is 6.07 Å². The maximum atomic E-state index is 12.7. The first-order valence-corrected chi connectivity index (χ1v) is 9.53. The molecule has 0 aliphatic carbocycles. The first kappa shape index (κ1) is 19.9. The van der Waals surface area contributed by atoms with Crippen molar-refractivity contribution in [3.63, 3.8) is 0 Å². The van der Waals surface area contributed by atoms with Gasteiger partial charge in [-0.3, -0.25) is 14.5 Å². The van der Waals surface area contributed by atoms with Crippen LogP contribution in [0.2, 0.25) is 0 Å². The van der Waals surface area contributed by atoms with Crippen molar-refractivity contribution in [1.29, 1.82) is 5.26 Å². The van der Waals surface area contributed by atoms with E-state index in [0.29, 0.717) is 51.6 Å². The normalized spacial score (nSPS) is 18.9. The first-order chi connectivity index (χ1) is 13.6. The van der Waals surface area contributed by atoms with Crippen LogP contribution < -0.4 is 5.73 Å². The lowest BCUT2D eigenvalue weighted by atomic mass is 10.2. The van der Waals surface area contributed by atoms with E-state index in [1.54, 1.807) is 28.1 Å². The minimum Gasteiger partial charge on any atom is -0.459 e. The summed E-state index contributed by atoms with van der Waals surface area (Å²) >= 11 is 0. The Kier molecular flexibility index (Phi) is 6.68. The number of carbonyl (C=O) groups excluding carboxylic acids is 2. The molecule has 2 aliphatic heterocycles. The quantitative estimate of drug-likeness (QED) is 0.539. The Morgan fingerprint density at radius 2 is 1.79 bits per heavy atom. The van der Waals surface area contributed by atoms with Gasteiger partial charge in [-0.15, -0.1) is 0 Å². The molecule has 0 aromatic carbocycles. The maximum Gasteiger partial charge on any atom is 0.289 e. The molecule has 0 bridgehead atoms. The van der Waals surface area contributed by atoms with E-state index in [-0.39, 0.29) is 17.4 Å². The fraction of sp³-hybridized carbons (Fsp3) is 0.526. The fourth-order valence-electron chi connectivity index (χ4n) is 3.45. The third kappa shape index (κ3) is 4.71. The van der Waals surface area contributed by atoms with Crippen LogP contribution in [0.5, 0.6) is 0 Å². The summed E-state index contributed by atoms with van der Waals surface area (Å²) in [5, 5.41) is 9.46. The molecule has 2 fully saturated rings. The van der Waals surface area contributed by atoms with Crippen molar-refractivity contribution >= 4 is 11.8 Å². The average Bonchev–Trinajstić information content (AvgIpc) is 3.27. The number of piperazine rings is 2. The smallest absolute Gasteiger partial charge is 0.289 e. The number of nitrogens with zero attached hydrogens (tertiary/aromatic N) is 5. The Labute approximate surface area is 164 Å². The zero-order chi connectivity index (χ0) is 19.9. The highest BCUT2D eigenvalue weighted by atomic mass is 16.3. The number of carbonyl (C=O) groups is 2. The maximum absolute atomic E-state index is 12.7. The van der Waals surface area contributed by atoms with Crippen LogP contribution in [0.1, 0.15) is 10.6 Å². The average molecular weight is 386 g/mol. The predicted octanol–water partition coefficient (Wildman–Crippen LogP) is -0.452. The number of rotatable bonds is 5. The Bertz CT molecular complexity index is 738. The highest BCUT2D eigenvalue weighted by molar-refractivity contribution is 5.97. The van der Waals surface area contributed by atoms with E-state index in [0.717, 1.165) is 19.6 Å². The summed E-state index contributed by atoms with van der Waals surface area (Å²) < 4.78 is 5.16. The van der Waals surface area contributed by atoms with Crippen molar-refractivity contribution in [2.75, 3.05) is 65.4 Å². The molecule has 0 atom stereocenters. The highest BCUT2D eigenvalue weighted by Gasteiger charge is 2.26. The van der Waals surface area contributed by atoms with E-state index in [2.05, 4.69) is 4.90 Å². The first-order valence-electron chi connectivity index (χ1n) is 9.53. The predicted molar refractivity (Wildman–Crippen MR) is 102 cm³/mol. The largest absolute Gasteiger partial charge is 0.459 e. The lowest BCUT2D eigenvalue weighted by molar-refractivity contribution is -0.128. The molecule has 150 valence electrons. The minimum atomic E-state index is -0.232. The molecule has 0 spiro atoms. The van der Waals surface area contributed by atoms with Gasteiger partial charge in [-0.1, -0.05) is 0 Å². The fourth-order valence-corrected chi connectivity index (χ4v) is 3.45. The lowest BCUT2D eigenvalue weighted by Crippen LogP contribution is -2.50. The summed E-state index contributed by atoms with van der Waals surface area (Å²) in [5.41, 5.74) is 5.71. The Morgan fingerprint density at radius 1 is 1.11 bits per heavy atom. The number of amides is 2. The van der Waals surface area contributed by atoms with Crippen LogP contribution in [0.3, 0.4) is 0 Å². The number of hydrogen-bond donors (Lipinski definition) is 1. The molecule has 2 N–H and O–H groups in total. The second kappa shape index (κ2) is 9.39. The molecule has 9 nitrogen and oxygen atoms in total. The van der Waals surface area contributed by atoms with Gasteiger partial charge in [0.1, 0.15) is 11.6 Å². The number of hydrogen-bond acceptors (Lipinski definition) is 7. The molecule has 0 radical (unpaired) electrons. The van der Waals surface area contributed by atoms with Gasteiger partial charge in [-0.25, -0.2) is 0 Å². The van der Waals surface area contributed by atoms with Gasteiger partial charge in [-0.05, 0) is 12.1 Å². The summed E-state index contributed by atoms with van der Waals surface area (Å²) in [4.78, 5) is 32.6. The molecule has 3 rings (SSSR count). The molecule has 28 heavy (non-hydrogen) atoms. The van der Waals surface area contributed by atoms with E-state index >= 15 is 0 Å². The third-order valence-corrected chi connectivity index (χ3v) is 5.10. The van der Waals surface area contributed by atoms with Crippen LogP contribution in [0.25, 0.3) is 0 Å². The molecule has 1 aromatic heterocycles. The van der Waals surface area contributed by atoms with Crippen molar-refractivity contribution < 1.29 is 14.0 Å². The molecule has 0 saturated carbocycles. The van der Waals surface area contributed by atoms with E-state index in [9.17, 15) is 14.9 Å². The molecule has 0 unspecified atom stereocenters. The highest BCUT2D eigenvalue weighted by Crippen LogP contribution is 2.12. The Morgan fingerprint density at radius 3 is 2.36 bits per heavy atom. The van der Waals surface area contributed by atoms with E-state index in [4.69, 9.17) is 10.2 Å². The van der Waals surface area contributed by atoms with Gasteiger partial charge >= 0.3 is 0 Å². The van der Waals surface area contributed by atoms with Crippen LogP contribution in [-0.2, 0) is 4.79 Å². The minimum absolute atomic E-state index is 0.137. The van der Waals surface area contributed by atoms with Crippen LogP contribution in [0, 0.1) is 11.3 Å². The van der Waals surface area contributed by atoms with Gasteiger partial charge in [0.2, 0.25) is 0 Å². The number of nitriles is 1. The van der Waals surface area contributed by atoms with E-state index < -0.39 is 0 Å². The zero-order valence-corrected chi connectivity index (χ0v) is 15.9. The van der Waals surface area contributed by atoms with Gasteiger partial charge in [-0.2, -0.15) is 5.26 Å². The molecule has 1 aromatic rings. The van der Waals surface area contributed by atoms with Gasteiger partial charge in [0.15, 0.2) is 5.76 Å². The lowest BCUT2D eigenvalue weighted by Gasteiger charge is -2.35. The van der Waals surface area contributed by atoms with Crippen LogP contribution in [-0.4, -0.2) is 96.9 Å². The summed E-state index contributed by atoms with van der Waals surface area (Å²) in [5.74, 6) is -0.0461. The molecule has 2 saturated heterocycles. The standard InChI is InChI=1S/C19H26N6O3/c20-3-4-22-5-9-24(10-6-22)18(26)16(14-21)15-23-7-11-25(12-8-23)19(27)17-2-1-13-28-17/h1-2,13,15H,3-12,20H2/b16-15-. The number of nitrogens with two attached hydrogens (primary N) is 1. The van der Waals surface area contributed by atoms with Crippen LogP contribution in [0.4, 0.5) is 0 Å². The summed E-state index contributed by atoms with van der Waals surface area (Å²) in [6.45, 7) is 6.33. The number of furan rings is 1. The summed E-state index contributed by atoms with van der Waals surface area (Å²) in [6, 6.07) is 5.37. The summed E-state index contributed by atoms with van der Waals surface area (Å²) in [7, 11) is 0. The van der Waals surface area contributed by atoms with Crippen molar-refractivity contribution in [3.05, 3.63) is 35.9 Å². The van der Waals surface area contributed by atoms with Crippen molar-refractivity contribution in [2.24, 2.45) is 5.73 Å². The molecule has 2 aliphatic rings. The molecule has 3 heterocycles. The Hall–Kier alpha value is -2.83. The van der Waals surface area contributed by atoms with Crippen LogP contribution in [0.15, 0.2) is 34.6 Å². The topological polar surface area (TPSA) is 110 Å². The second-order valence-corrected chi connectivity index (χ2v) is 6.88. The van der Waals surface area contributed by atoms with E-state index in [1.165, 1.54) is 6.26 Å². The Balaban J connectivity index is 1.53. The molecule has 2 amide bonds. The monoisotopic (exact) mass is 386 g/mol. The molecule has 9 heteroatoms. The van der Waals surface area contributed by atoms with Crippen LogP contribution >= 0.6 is 0 Å². The van der Waals surface area contributed by atoms with Gasteiger partial charge < -0.3 is 24.9 Å². The van der Waals surface area contributed by atoms with Gasteiger partial charge in [0.05, 0.1) is 6.26 Å². The van der Waals surface area contributed by atoms with Gasteiger partial charge in [0.25, 0.3) is 11.8 Å². The van der Waals surface area contributed by atoms with E-state index in [1.807, 2.05) is 11.0 Å². The van der Waals surface area contributed by atoms with Crippen molar-refractivity contribution in [1.82, 2.24) is 19.6 Å². The van der Waals surface area contributed by atoms with Gasteiger partial charge in [0, 0.05) is 71.6 Å². The summed E-state index contributed by atoms with van der Waals surface area (Å²) in [6.07, 6.45) is 3.11.